The van der Waals surface area contributed by atoms with Gasteiger partial charge in [0.1, 0.15) is 0 Å². The largest absolute Gasteiger partial charge is 0.332 e. The fourth-order valence-corrected chi connectivity index (χ4v) is 2.97. The van der Waals surface area contributed by atoms with Gasteiger partial charge in [-0.1, -0.05) is 35.4 Å². The van der Waals surface area contributed by atoms with Crippen LogP contribution in [0, 0.1) is 13.8 Å². The van der Waals surface area contributed by atoms with Gasteiger partial charge in [0.2, 0.25) is 0 Å². The number of rotatable bonds is 4. The molecule has 4 N–H and O–H groups in total. The van der Waals surface area contributed by atoms with Gasteiger partial charge in [-0.15, -0.1) is 0 Å². The first kappa shape index (κ1) is 19.8. The average Bonchev–Trinajstić information content (AvgIpc) is 2.67. The predicted molar refractivity (Wildman–Crippen MR) is 128 cm³/mol. The van der Waals surface area contributed by atoms with Crippen molar-refractivity contribution in [3.63, 3.8) is 0 Å². The van der Waals surface area contributed by atoms with Crippen molar-refractivity contribution in [3.8, 4) is 0 Å². The van der Waals surface area contributed by atoms with Crippen molar-refractivity contribution in [2.75, 3.05) is 21.3 Å². The Balaban J connectivity index is 1.51. The molecule has 0 atom stereocenters. The van der Waals surface area contributed by atoms with E-state index in [9.17, 15) is 0 Å². The summed E-state index contributed by atoms with van der Waals surface area (Å²) in [6, 6.07) is 23.9. The second-order valence-electron chi connectivity index (χ2n) is 6.47. The fourth-order valence-electron chi connectivity index (χ4n) is 2.50. The van der Waals surface area contributed by atoms with E-state index >= 15 is 0 Å². The van der Waals surface area contributed by atoms with Crippen LogP contribution >= 0.6 is 24.4 Å². The Morgan fingerprint density at radius 2 is 0.679 bits per heavy atom. The van der Waals surface area contributed by atoms with E-state index in [1.54, 1.807) is 0 Å². The maximum Gasteiger partial charge on any atom is 0.175 e. The first-order valence-corrected chi connectivity index (χ1v) is 9.69. The van der Waals surface area contributed by atoms with Crippen molar-refractivity contribution in [2.45, 2.75) is 13.8 Å². The fraction of sp³-hybridized carbons (Fsp3) is 0.0909. The van der Waals surface area contributed by atoms with Gasteiger partial charge in [-0.2, -0.15) is 0 Å². The summed E-state index contributed by atoms with van der Waals surface area (Å²) in [5.74, 6) is 0. The standard InChI is InChI=1S/C22H22N4S2/c1-15-3-7-17(8-4-15)23-21(27)25-19-11-13-20(14-12-19)26-22(28)24-18-9-5-16(2)6-10-18/h3-14H,1-2H3,(H2,23,25,27)(H2,24,26,28). The summed E-state index contributed by atoms with van der Waals surface area (Å²) in [6.45, 7) is 4.11. The Morgan fingerprint density at radius 1 is 0.464 bits per heavy atom. The van der Waals surface area contributed by atoms with Gasteiger partial charge in [0.25, 0.3) is 0 Å². The molecular formula is C22H22N4S2. The van der Waals surface area contributed by atoms with Crippen molar-refractivity contribution in [1.29, 1.82) is 0 Å². The first-order valence-electron chi connectivity index (χ1n) is 8.87. The molecule has 0 radical (unpaired) electrons. The maximum absolute atomic E-state index is 5.37. The van der Waals surface area contributed by atoms with Crippen LogP contribution in [0.3, 0.4) is 0 Å². The average molecular weight is 407 g/mol. The Bertz CT molecular complexity index is 869. The molecule has 6 heteroatoms. The number of thiocarbonyl (C=S) groups is 2. The van der Waals surface area contributed by atoms with Gasteiger partial charge < -0.3 is 21.3 Å². The van der Waals surface area contributed by atoms with E-state index in [-0.39, 0.29) is 0 Å². The van der Waals surface area contributed by atoms with Crippen molar-refractivity contribution >= 4 is 57.4 Å². The molecule has 0 aromatic heterocycles. The molecule has 0 aliphatic heterocycles. The summed E-state index contributed by atoms with van der Waals surface area (Å²) in [7, 11) is 0. The predicted octanol–water partition coefficient (Wildman–Crippen LogP) is 5.92. The van der Waals surface area contributed by atoms with E-state index in [1.165, 1.54) is 11.1 Å². The lowest BCUT2D eigenvalue weighted by atomic mass is 10.2. The molecule has 4 nitrogen and oxygen atoms in total. The van der Waals surface area contributed by atoms with E-state index in [0.717, 1.165) is 22.7 Å². The number of nitrogens with one attached hydrogen (secondary N) is 4. The van der Waals surface area contributed by atoms with Crippen molar-refractivity contribution < 1.29 is 0 Å². The van der Waals surface area contributed by atoms with Crippen molar-refractivity contribution in [2.24, 2.45) is 0 Å². The monoisotopic (exact) mass is 406 g/mol. The van der Waals surface area contributed by atoms with Gasteiger partial charge in [-0.25, -0.2) is 0 Å². The lowest BCUT2D eigenvalue weighted by Crippen LogP contribution is -2.20. The minimum Gasteiger partial charge on any atom is -0.332 e. The van der Waals surface area contributed by atoms with Gasteiger partial charge in [0.15, 0.2) is 10.2 Å². The van der Waals surface area contributed by atoms with E-state index in [1.807, 2.05) is 72.8 Å². The van der Waals surface area contributed by atoms with Crippen molar-refractivity contribution in [1.82, 2.24) is 0 Å². The summed E-state index contributed by atoms with van der Waals surface area (Å²) in [5.41, 5.74) is 6.12. The molecule has 3 rings (SSSR count). The van der Waals surface area contributed by atoms with Crippen LogP contribution in [0.1, 0.15) is 11.1 Å². The Morgan fingerprint density at radius 3 is 0.929 bits per heavy atom. The second kappa shape index (κ2) is 9.30. The number of anilines is 4. The van der Waals surface area contributed by atoms with E-state index in [0.29, 0.717) is 10.2 Å². The molecule has 0 bridgehead atoms. The highest BCUT2D eigenvalue weighted by atomic mass is 32.1. The summed E-state index contributed by atoms with van der Waals surface area (Å²) >= 11 is 10.7. The van der Waals surface area contributed by atoms with Crippen LogP contribution in [0.25, 0.3) is 0 Å². The van der Waals surface area contributed by atoms with Crippen LogP contribution in [0.5, 0.6) is 0 Å². The quantitative estimate of drug-likeness (QED) is 0.404. The molecule has 0 amide bonds. The molecule has 0 saturated carbocycles. The molecule has 0 unspecified atom stereocenters. The third kappa shape index (κ3) is 6.04. The van der Waals surface area contributed by atoms with Crippen LogP contribution in [-0.2, 0) is 0 Å². The zero-order valence-corrected chi connectivity index (χ0v) is 17.4. The van der Waals surface area contributed by atoms with E-state index in [4.69, 9.17) is 24.4 Å². The van der Waals surface area contributed by atoms with E-state index < -0.39 is 0 Å². The minimum absolute atomic E-state index is 0.543. The minimum atomic E-state index is 0.543. The van der Waals surface area contributed by atoms with Gasteiger partial charge >= 0.3 is 0 Å². The molecular weight excluding hydrogens is 384 g/mol. The van der Waals surface area contributed by atoms with E-state index in [2.05, 4.69) is 35.1 Å². The third-order valence-corrected chi connectivity index (χ3v) is 4.43. The molecule has 0 spiro atoms. The number of hydrogen-bond donors (Lipinski definition) is 4. The van der Waals surface area contributed by atoms with Gasteiger partial charge in [-0.3, -0.25) is 0 Å². The van der Waals surface area contributed by atoms with Crippen LogP contribution < -0.4 is 21.3 Å². The summed E-state index contributed by atoms with van der Waals surface area (Å²) < 4.78 is 0. The Labute approximate surface area is 176 Å². The Hall–Kier alpha value is -2.96. The van der Waals surface area contributed by atoms with Crippen LogP contribution in [0.4, 0.5) is 22.7 Å². The highest BCUT2D eigenvalue weighted by Crippen LogP contribution is 2.16. The second-order valence-corrected chi connectivity index (χ2v) is 7.28. The maximum atomic E-state index is 5.37. The normalized spacial score (nSPS) is 10.1. The summed E-state index contributed by atoms with van der Waals surface area (Å²) in [5, 5.41) is 13.8. The molecule has 0 aliphatic rings. The zero-order chi connectivity index (χ0) is 19.9. The highest BCUT2D eigenvalue weighted by Gasteiger charge is 2.02. The topological polar surface area (TPSA) is 48.1 Å². The lowest BCUT2D eigenvalue weighted by Gasteiger charge is -2.13. The first-order chi connectivity index (χ1) is 13.5. The molecule has 0 fully saturated rings. The zero-order valence-electron chi connectivity index (χ0n) is 15.7. The van der Waals surface area contributed by atoms with Crippen LogP contribution in [-0.4, -0.2) is 10.2 Å². The SMILES string of the molecule is Cc1ccc(NC(=S)Nc2ccc(NC(=S)Nc3ccc(C)cc3)cc2)cc1. The molecule has 3 aromatic rings. The van der Waals surface area contributed by atoms with Gasteiger partial charge in [0, 0.05) is 22.7 Å². The summed E-state index contributed by atoms with van der Waals surface area (Å²) in [4.78, 5) is 0. The smallest absolute Gasteiger partial charge is 0.175 e. The molecule has 142 valence electrons. The van der Waals surface area contributed by atoms with Gasteiger partial charge in [0.05, 0.1) is 0 Å². The molecule has 0 heterocycles. The lowest BCUT2D eigenvalue weighted by molar-refractivity contribution is 1.46. The number of benzene rings is 3. The Kier molecular flexibility index (Phi) is 6.57. The molecule has 3 aromatic carbocycles. The van der Waals surface area contributed by atoms with Gasteiger partial charge in [-0.05, 0) is 86.8 Å². The third-order valence-electron chi connectivity index (χ3n) is 4.02. The molecule has 28 heavy (non-hydrogen) atoms. The van der Waals surface area contributed by atoms with Crippen molar-refractivity contribution in [3.05, 3.63) is 83.9 Å². The number of aryl methyl sites for hydroxylation is 2. The van der Waals surface area contributed by atoms with Crippen LogP contribution in [0.2, 0.25) is 0 Å². The highest BCUT2D eigenvalue weighted by molar-refractivity contribution is 7.81. The molecule has 0 aliphatic carbocycles. The summed E-state index contributed by atoms with van der Waals surface area (Å²) in [6.07, 6.45) is 0. The molecule has 0 saturated heterocycles. The number of hydrogen-bond acceptors (Lipinski definition) is 2. The van der Waals surface area contributed by atoms with Crippen LogP contribution in [0.15, 0.2) is 72.8 Å².